The van der Waals surface area contributed by atoms with Crippen LogP contribution in [0.15, 0.2) is 24.6 Å². The second-order valence-corrected chi connectivity index (χ2v) is 3.17. The fourth-order valence-corrected chi connectivity index (χ4v) is 1.51. The standard InChI is InChI=1S/C9H10S/c1-4-9-5-8(6-10-9)7(2)3/h4-6H,1-2H2,3H3. The number of rotatable bonds is 2. The summed E-state index contributed by atoms with van der Waals surface area (Å²) >= 11 is 1.70. The average Bonchev–Trinajstić information content (AvgIpc) is 2.34. The summed E-state index contributed by atoms with van der Waals surface area (Å²) in [5.41, 5.74) is 2.34. The fourth-order valence-electron chi connectivity index (χ4n) is 0.684. The topological polar surface area (TPSA) is 0 Å². The lowest BCUT2D eigenvalue weighted by Gasteiger charge is -1.88. The highest BCUT2D eigenvalue weighted by molar-refractivity contribution is 7.11. The van der Waals surface area contributed by atoms with Crippen molar-refractivity contribution in [3.8, 4) is 0 Å². The van der Waals surface area contributed by atoms with Crippen LogP contribution in [0.25, 0.3) is 11.6 Å². The van der Waals surface area contributed by atoms with Crippen molar-refractivity contribution < 1.29 is 0 Å². The third-order valence-corrected chi connectivity index (χ3v) is 2.24. The van der Waals surface area contributed by atoms with Gasteiger partial charge in [-0.2, -0.15) is 0 Å². The van der Waals surface area contributed by atoms with Gasteiger partial charge in [-0.05, 0) is 23.9 Å². The number of hydrogen-bond donors (Lipinski definition) is 0. The Kier molecular flexibility index (Phi) is 2.07. The van der Waals surface area contributed by atoms with Crippen molar-refractivity contribution in [1.29, 1.82) is 0 Å². The van der Waals surface area contributed by atoms with Crippen LogP contribution >= 0.6 is 11.3 Å². The van der Waals surface area contributed by atoms with Crippen LogP contribution in [-0.2, 0) is 0 Å². The molecule has 0 aliphatic rings. The number of thiophene rings is 1. The first-order chi connectivity index (χ1) is 4.74. The quantitative estimate of drug-likeness (QED) is 0.606. The molecule has 0 nitrogen and oxygen atoms in total. The van der Waals surface area contributed by atoms with Gasteiger partial charge in [-0.3, -0.25) is 0 Å². The van der Waals surface area contributed by atoms with E-state index in [1.165, 1.54) is 10.4 Å². The van der Waals surface area contributed by atoms with Crippen LogP contribution in [0.1, 0.15) is 17.4 Å². The second kappa shape index (κ2) is 2.84. The minimum absolute atomic E-state index is 1.12. The number of hydrogen-bond acceptors (Lipinski definition) is 1. The monoisotopic (exact) mass is 150 g/mol. The molecule has 1 heteroatoms. The minimum atomic E-state index is 1.12. The van der Waals surface area contributed by atoms with Crippen molar-refractivity contribution >= 4 is 23.0 Å². The molecule has 0 radical (unpaired) electrons. The molecule has 0 aliphatic carbocycles. The zero-order valence-corrected chi connectivity index (χ0v) is 6.87. The average molecular weight is 150 g/mol. The summed E-state index contributed by atoms with van der Waals surface area (Å²) in [4.78, 5) is 1.21. The molecule has 0 unspecified atom stereocenters. The summed E-state index contributed by atoms with van der Waals surface area (Å²) < 4.78 is 0. The third kappa shape index (κ3) is 1.36. The Bertz CT molecular complexity index is 255. The molecule has 52 valence electrons. The van der Waals surface area contributed by atoms with Gasteiger partial charge in [0.05, 0.1) is 0 Å². The summed E-state index contributed by atoms with van der Waals surface area (Å²) in [6.07, 6.45) is 1.86. The van der Waals surface area contributed by atoms with Crippen LogP contribution in [-0.4, -0.2) is 0 Å². The van der Waals surface area contributed by atoms with Crippen molar-refractivity contribution in [2.45, 2.75) is 6.92 Å². The van der Waals surface area contributed by atoms with E-state index in [4.69, 9.17) is 0 Å². The highest BCUT2D eigenvalue weighted by atomic mass is 32.1. The molecule has 1 aromatic heterocycles. The molecular weight excluding hydrogens is 140 g/mol. The van der Waals surface area contributed by atoms with E-state index in [0.717, 1.165) is 5.57 Å². The van der Waals surface area contributed by atoms with Gasteiger partial charge < -0.3 is 0 Å². The summed E-state index contributed by atoms with van der Waals surface area (Å²) in [5.74, 6) is 0. The smallest absolute Gasteiger partial charge is 0.0270 e. The van der Waals surface area contributed by atoms with E-state index in [0.29, 0.717) is 0 Å². The maximum Gasteiger partial charge on any atom is 0.0270 e. The van der Waals surface area contributed by atoms with Crippen molar-refractivity contribution in [2.24, 2.45) is 0 Å². The molecule has 0 N–H and O–H groups in total. The fraction of sp³-hybridized carbons (Fsp3) is 0.111. The van der Waals surface area contributed by atoms with Crippen molar-refractivity contribution in [3.05, 3.63) is 35.0 Å². The molecule has 0 bridgehead atoms. The molecule has 0 aromatic carbocycles. The van der Waals surface area contributed by atoms with Crippen molar-refractivity contribution in [2.75, 3.05) is 0 Å². The largest absolute Gasteiger partial charge is 0.144 e. The van der Waals surface area contributed by atoms with E-state index in [9.17, 15) is 0 Å². The van der Waals surface area contributed by atoms with Crippen LogP contribution in [0.4, 0.5) is 0 Å². The van der Waals surface area contributed by atoms with Gasteiger partial charge in [0, 0.05) is 4.88 Å². The summed E-state index contributed by atoms with van der Waals surface area (Å²) in [7, 11) is 0. The molecular formula is C9H10S. The SMILES string of the molecule is C=Cc1cc(C(=C)C)cs1. The van der Waals surface area contributed by atoms with Gasteiger partial charge >= 0.3 is 0 Å². The highest BCUT2D eigenvalue weighted by Crippen LogP contribution is 2.20. The predicted octanol–water partition coefficient (Wildman–Crippen LogP) is 3.42. The lowest BCUT2D eigenvalue weighted by molar-refractivity contribution is 1.68. The first-order valence-electron chi connectivity index (χ1n) is 3.11. The van der Waals surface area contributed by atoms with E-state index >= 15 is 0 Å². The Morgan fingerprint density at radius 3 is 2.70 bits per heavy atom. The van der Waals surface area contributed by atoms with Crippen molar-refractivity contribution in [3.63, 3.8) is 0 Å². The third-order valence-electron chi connectivity index (χ3n) is 1.31. The lowest BCUT2D eigenvalue weighted by Crippen LogP contribution is -1.66. The van der Waals surface area contributed by atoms with Gasteiger partial charge in [0.25, 0.3) is 0 Å². The van der Waals surface area contributed by atoms with Crippen molar-refractivity contribution in [1.82, 2.24) is 0 Å². The van der Waals surface area contributed by atoms with Crippen LogP contribution in [0.3, 0.4) is 0 Å². The Morgan fingerprint density at radius 2 is 2.40 bits per heavy atom. The van der Waals surface area contributed by atoms with E-state index in [-0.39, 0.29) is 0 Å². The summed E-state index contributed by atoms with van der Waals surface area (Å²) in [5, 5.41) is 2.10. The Labute approximate surface area is 65.5 Å². The highest BCUT2D eigenvalue weighted by Gasteiger charge is 1.95. The van der Waals surface area contributed by atoms with Crippen LogP contribution in [0, 0.1) is 0 Å². The van der Waals surface area contributed by atoms with E-state index in [1.807, 2.05) is 13.0 Å². The first-order valence-corrected chi connectivity index (χ1v) is 3.99. The van der Waals surface area contributed by atoms with Gasteiger partial charge in [-0.25, -0.2) is 0 Å². The maximum absolute atomic E-state index is 3.85. The maximum atomic E-state index is 3.85. The molecule has 1 rings (SSSR count). The molecule has 10 heavy (non-hydrogen) atoms. The molecule has 0 fully saturated rings. The Hall–Kier alpha value is -0.820. The zero-order valence-electron chi connectivity index (χ0n) is 6.05. The van der Waals surface area contributed by atoms with Gasteiger partial charge in [0.15, 0.2) is 0 Å². The molecule has 1 aromatic rings. The van der Waals surface area contributed by atoms with Gasteiger partial charge in [-0.15, -0.1) is 11.3 Å². The zero-order chi connectivity index (χ0) is 7.56. The summed E-state index contributed by atoms with van der Waals surface area (Å²) in [6, 6.07) is 2.10. The Morgan fingerprint density at radius 1 is 1.70 bits per heavy atom. The normalized spacial score (nSPS) is 9.30. The van der Waals surface area contributed by atoms with Crippen LogP contribution in [0.5, 0.6) is 0 Å². The van der Waals surface area contributed by atoms with Gasteiger partial charge in [0.2, 0.25) is 0 Å². The van der Waals surface area contributed by atoms with Crippen LogP contribution < -0.4 is 0 Å². The predicted molar refractivity (Wildman–Crippen MR) is 49.1 cm³/mol. The van der Waals surface area contributed by atoms with E-state index in [1.54, 1.807) is 11.3 Å². The molecule has 0 atom stereocenters. The second-order valence-electron chi connectivity index (χ2n) is 2.22. The van der Waals surface area contributed by atoms with E-state index in [2.05, 4.69) is 24.6 Å². The van der Waals surface area contributed by atoms with Gasteiger partial charge in [0.1, 0.15) is 0 Å². The number of allylic oxidation sites excluding steroid dienone is 1. The molecule has 0 saturated carbocycles. The molecule has 0 aliphatic heterocycles. The molecule has 0 spiro atoms. The molecule has 0 amide bonds. The van der Waals surface area contributed by atoms with Crippen LogP contribution in [0.2, 0.25) is 0 Å². The van der Waals surface area contributed by atoms with Gasteiger partial charge in [-0.1, -0.05) is 24.8 Å². The molecule has 0 saturated heterocycles. The lowest BCUT2D eigenvalue weighted by atomic mass is 10.2. The first kappa shape index (κ1) is 7.29. The Balaban J connectivity index is 2.98. The molecule has 1 heterocycles. The minimum Gasteiger partial charge on any atom is -0.144 e. The van der Waals surface area contributed by atoms with E-state index < -0.39 is 0 Å². The summed E-state index contributed by atoms with van der Waals surface area (Å²) in [6.45, 7) is 9.54.